The van der Waals surface area contributed by atoms with Crippen LogP contribution in [0.4, 0.5) is 10.1 Å². The molecule has 1 unspecified atom stereocenters. The Balaban J connectivity index is 2.24. The van der Waals surface area contributed by atoms with E-state index in [1.807, 2.05) is 31.2 Å². The van der Waals surface area contributed by atoms with E-state index >= 15 is 0 Å². The number of rotatable bonds is 3. The minimum Gasteiger partial charge on any atom is -0.377 e. The molecule has 18 heavy (non-hydrogen) atoms. The number of hydrogen-bond donors (Lipinski definition) is 1. The molecule has 1 nitrogen and oxygen atoms in total. The lowest BCUT2D eigenvalue weighted by atomic mass is 10.1. The van der Waals surface area contributed by atoms with Crippen molar-refractivity contribution in [2.75, 3.05) is 5.32 Å². The molecule has 0 fully saturated rings. The van der Waals surface area contributed by atoms with Gasteiger partial charge in [0.25, 0.3) is 0 Å². The first kappa shape index (κ1) is 13.2. The Kier molecular flexibility index (Phi) is 4.10. The van der Waals surface area contributed by atoms with Crippen LogP contribution in [-0.4, -0.2) is 0 Å². The minimum absolute atomic E-state index is 0.0574. The maximum absolute atomic E-state index is 13.2. The average Bonchev–Trinajstić information content (AvgIpc) is 2.34. The van der Waals surface area contributed by atoms with Crippen molar-refractivity contribution in [1.82, 2.24) is 0 Å². The first-order valence-corrected chi connectivity index (χ1v) is 6.29. The Morgan fingerprint density at radius 3 is 2.50 bits per heavy atom. The summed E-state index contributed by atoms with van der Waals surface area (Å²) in [6.07, 6.45) is 0. The second-order valence-corrected chi connectivity index (χ2v) is 4.83. The van der Waals surface area contributed by atoms with Gasteiger partial charge in [-0.1, -0.05) is 41.4 Å². The van der Waals surface area contributed by atoms with E-state index in [0.29, 0.717) is 15.7 Å². The van der Waals surface area contributed by atoms with Crippen molar-refractivity contribution in [1.29, 1.82) is 0 Å². The molecule has 94 valence electrons. The van der Waals surface area contributed by atoms with Crippen molar-refractivity contribution in [2.24, 2.45) is 0 Å². The molecule has 2 rings (SSSR count). The van der Waals surface area contributed by atoms with Crippen LogP contribution < -0.4 is 5.32 Å². The molecule has 0 saturated carbocycles. The Morgan fingerprint density at radius 1 is 1.06 bits per heavy atom. The molecule has 0 aliphatic rings. The van der Waals surface area contributed by atoms with Gasteiger partial charge in [0.1, 0.15) is 5.82 Å². The highest BCUT2D eigenvalue weighted by Crippen LogP contribution is 2.29. The van der Waals surface area contributed by atoms with E-state index in [4.69, 9.17) is 23.2 Å². The van der Waals surface area contributed by atoms with E-state index in [1.54, 1.807) is 0 Å². The largest absolute Gasteiger partial charge is 0.377 e. The van der Waals surface area contributed by atoms with Crippen LogP contribution in [0.2, 0.25) is 10.0 Å². The zero-order valence-corrected chi connectivity index (χ0v) is 11.3. The summed E-state index contributed by atoms with van der Waals surface area (Å²) in [4.78, 5) is 0. The van der Waals surface area contributed by atoms with Crippen molar-refractivity contribution < 1.29 is 4.39 Å². The standard InChI is InChI=1S/C14H12Cl2FN/c1-9(11-4-2-3-5-12(11)15)18-14-8-10(17)6-7-13(14)16/h2-9,18H,1H3. The molecule has 2 aromatic rings. The molecule has 0 aromatic heterocycles. The van der Waals surface area contributed by atoms with E-state index in [9.17, 15) is 4.39 Å². The molecule has 0 saturated heterocycles. The summed E-state index contributed by atoms with van der Waals surface area (Å²) < 4.78 is 13.2. The highest BCUT2D eigenvalue weighted by Gasteiger charge is 2.11. The van der Waals surface area contributed by atoms with Gasteiger partial charge in [-0.05, 0) is 36.8 Å². The first-order valence-electron chi connectivity index (χ1n) is 5.54. The highest BCUT2D eigenvalue weighted by atomic mass is 35.5. The van der Waals surface area contributed by atoms with Gasteiger partial charge in [-0.25, -0.2) is 4.39 Å². The third-order valence-corrected chi connectivity index (χ3v) is 3.35. The van der Waals surface area contributed by atoms with Crippen LogP contribution in [0.15, 0.2) is 42.5 Å². The molecule has 4 heteroatoms. The van der Waals surface area contributed by atoms with Gasteiger partial charge in [0.15, 0.2) is 0 Å². The summed E-state index contributed by atoms with van der Waals surface area (Å²) in [6, 6.07) is 11.7. The maximum Gasteiger partial charge on any atom is 0.125 e. The van der Waals surface area contributed by atoms with E-state index in [2.05, 4.69) is 5.32 Å². The molecule has 0 amide bonds. The number of nitrogens with one attached hydrogen (secondary N) is 1. The monoisotopic (exact) mass is 283 g/mol. The Bertz CT molecular complexity index is 557. The van der Waals surface area contributed by atoms with Crippen LogP contribution in [0, 0.1) is 5.82 Å². The van der Waals surface area contributed by atoms with Crippen molar-refractivity contribution in [3.8, 4) is 0 Å². The molecule has 0 aliphatic heterocycles. The molecular formula is C14H12Cl2FN. The number of anilines is 1. The van der Waals surface area contributed by atoms with E-state index < -0.39 is 0 Å². The molecule has 2 aromatic carbocycles. The lowest BCUT2D eigenvalue weighted by Crippen LogP contribution is -2.07. The Morgan fingerprint density at radius 2 is 1.78 bits per heavy atom. The summed E-state index contributed by atoms with van der Waals surface area (Å²) in [6.45, 7) is 1.95. The summed E-state index contributed by atoms with van der Waals surface area (Å²) in [5.74, 6) is -0.326. The summed E-state index contributed by atoms with van der Waals surface area (Å²) in [5, 5.41) is 4.30. The quantitative estimate of drug-likeness (QED) is 0.805. The van der Waals surface area contributed by atoms with Crippen LogP contribution in [0.3, 0.4) is 0 Å². The van der Waals surface area contributed by atoms with Crippen LogP contribution in [-0.2, 0) is 0 Å². The fraction of sp³-hybridized carbons (Fsp3) is 0.143. The zero-order valence-electron chi connectivity index (χ0n) is 9.75. The second kappa shape index (κ2) is 5.59. The van der Waals surface area contributed by atoms with Gasteiger partial charge in [-0.15, -0.1) is 0 Å². The molecule has 1 atom stereocenters. The van der Waals surface area contributed by atoms with Gasteiger partial charge in [-0.2, -0.15) is 0 Å². The van der Waals surface area contributed by atoms with Gasteiger partial charge >= 0.3 is 0 Å². The highest BCUT2D eigenvalue weighted by molar-refractivity contribution is 6.33. The van der Waals surface area contributed by atoms with Crippen molar-refractivity contribution in [3.05, 3.63) is 63.9 Å². The SMILES string of the molecule is CC(Nc1cc(F)ccc1Cl)c1ccccc1Cl. The normalized spacial score (nSPS) is 12.2. The zero-order chi connectivity index (χ0) is 13.1. The number of hydrogen-bond acceptors (Lipinski definition) is 1. The van der Waals surface area contributed by atoms with E-state index in [-0.39, 0.29) is 11.9 Å². The lowest BCUT2D eigenvalue weighted by molar-refractivity contribution is 0.628. The maximum atomic E-state index is 13.2. The molecule has 0 radical (unpaired) electrons. The van der Waals surface area contributed by atoms with Crippen molar-refractivity contribution in [2.45, 2.75) is 13.0 Å². The molecule has 0 heterocycles. The van der Waals surface area contributed by atoms with Crippen LogP contribution in [0.5, 0.6) is 0 Å². The summed E-state index contributed by atoms with van der Waals surface area (Å²) in [7, 11) is 0. The molecular weight excluding hydrogens is 272 g/mol. The van der Waals surface area contributed by atoms with Crippen LogP contribution in [0.1, 0.15) is 18.5 Å². The molecule has 0 bridgehead atoms. The molecule has 0 aliphatic carbocycles. The number of halogens is 3. The van der Waals surface area contributed by atoms with Crippen molar-refractivity contribution in [3.63, 3.8) is 0 Å². The van der Waals surface area contributed by atoms with Gasteiger partial charge in [0, 0.05) is 5.02 Å². The van der Waals surface area contributed by atoms with Gasteiger partial charge in [-0.3, -0.25) is 0 Å². The topological polar surface area (TPSA) is 12.0 Å². The Labute approximate surface area is 116 Å². The van der Waals surface area contributed by atoms with Crippen LogP contribution in [0.25, 0.3) is 0 Å². The smallest absolute Gasteiger partial charge is 0.125 e. The third-order valence-electron chi connectivity index (χ3n) is 2.67. The molecule has 0 spiro atoms. The second-order valence-electron chi connectivity index (χ2n) is 4.01. The van der Waals surface area contributed by atoms with Crippen molar-refractivity contribution >= 4 is 28.9 Å². The third kappa shape index (κ3) is 2.95. The van der Waals surface area contributed by atoms with Gasteiger partial charge < -0.3 is 5.32 Å². The first-order chi connectivity index (χ1) is 8.58. The van der Waals surface area contributed by atoms with Crippen LogP contribution >= 0.6 is 23.2 Å². The molecule has 1 N–H and O–H groups in total. The summed E-state index contributed by atoms with van der Waals surface area (Å²) >= 11 is 12.1. The number of benzene rings is 2. The van der Waals surface area contributed by atoms with E-state index in [1.165, 1.54) is 18.2 Å². The van der Waals surface area contributed by atoms with Gasteiger partial charge in [0.2, 0.25) is 0 Å². The fourth-order valence-corrected chi connectivity index (χ4v) is 2.22. The summed E-state index contributed by atoms with van der Waals surface area (Å²) in [5.41, 5.74) is 1.50. The lowest BCUT2D eigenvalue weighted by Gasteiger charge is -2.17. The predicted octanol–water partition coefficient (Wildman–Crippen LogP) is 5.31. The average molecular weight is 284 g/mol. The fourth-order valence-electron chi connectivity index (χ4n) is 1.75. The minimum atomic E-state index is -0.326. The van der Waals surface area contributed by atoms with Gasteiger partial charge in [0.05, 0.1) is 16.8 Å². The Hall–Kier alpha value is -1.25. The predicted molar refractivity (Wildman–Crippen MR) is 74.9 cm³/mol. The van der Waals surface area contributed by atoms with E-state index in [0.717, 1.165) is 5.56 Å².